The van der Waals surface area contributed by atoms with Gasteiger partial charge in [0.05, 0.1) is 11.3 Å². The number of nitrogens with two attached hydrogens (primary N) is 1. The number of hydrogen-bond donors (Lipinski definition) is 2. The van der Waals surface area contributed by atoms with Gasteiger partial charge in [-0.1, -0.05) is 11.8 Å². The highest BCUT2D eigenvalue weighted by Crippen LogP contribution is 2.24. The van der Waals surface area contributed by atoms with Crippen LogP contribution in [-0.4, -0.2) is 31.7 Å². The SMILES string of the molecule is Nn1c(SCC(=O)O)nnc1-c1cc(F)ccc1F. The maximum Gasteiger partial charge on any atom is 0.313 e. The Morgan fingerprint density at radius 1 is 1.42 bits per heavy atom. The third kappa shape index (κ3) is 2.81. The van der Waals surface area contributed by atoms with Gasteiger partial charge in [0, 0.05) is 0 Å². The number of carbonyl (C=O) groups is 1. The molecule has 9 heteroatoms. The number of carboxylic acids is 1. The summed E-state index contributed by atoms with van der Waals surface area (Å²) in [6.07, 6.45) is 0. The first-order valence-corrected chi connectivity index (χ1v) is 5.98. The van der Waals surface area contributed by atoms with Gasteiger partial charge in [0.15, 0.2) is 5.82 Å². The lowest BCUT2D eigenvalue weighted by Gasteiger charge is -2.04. The normalized spacial score (nSPS) is 10.6. The molecule has 0 aliphatic carbocycles. The van der Waals surface area contributed by atoms with Crippen LogP contribution in [0.1, 0.15) is 0 Å². The van der Waals surface area contributed by atoms with E-state index in [2.05, 4.69) is 10.2 Å². The number of halogens is 2. The molecule has 0 saturated heterocycles. The van der Waals surface area contributed by atoms with Crippen LogP contribution in [0.25, 0.3) is 11.4 Å². The van der Waals surface area contributed by atoms with Crippen LogP contribution in [0.2, 0.25) is 0 Å². The van der Waals surface area contributed by atoms with E-state index in [1.54, 1.807) is 0 Å². The predicted octanol–water partition coefficient (Wildman–Crippen LogP) is 1.11. The van der Waals surface area contributed by atoms with E-state index >= 15 is 0 Å². The van der Waals surface area contributed by atoms with E-state index in [-0.39, 0.29) is 22.3 Å². The number of thioether (sulfide) groups is 1. The highest BCUT2D eigenvalue weighted by atomic mass is 32.2. The van der Waals surface area contributed by atoms with Crippen LogP contribution in [0.4, 0.5) is 8.78 Å². The lowest BCUT2D eigenvalue weighted by atomic mass is 10.2. The zero-order valence-corrected chi connectivity index (χ0v) is 10.2. The summed E-state index contributed by atoms with van der Waals surface area (Å²) >= 11 is 0.829. The van der Waals surface area contributed by atoms with E-state index in [0.717, 1.165) is 34.6 Å². The molecule has 19 heavy (non-hydrogen) atoms. The summed E-state index contributed by atoms with van der Waals surface area (Å²) in [5.41, 5.74) is -0.142. The smallest absolute Gasteiger partial charge is 0.313 e. The van der Waals surface area contributed by atoms with Gasteiger partial charge >= 0.3 is 5.97 Å². The van der Waals surface area contributed by atoms with E-state index < -0.39 is 17.6 Å². The first kappa shape index (κ1) is 13.3. The van der Waals surface area contributed by atoms with Gasteiger partial charge < -0.3 is 10.9 Å². The Labute approximate surface area is 110 Å². The van der Waals surface area contributed by atoms with Crippen molar-refractivity contribution >= 4 is 17.7 Å². The highest BCUT2D eigenvalue weighted by Gasteiger charge is 2.17. The molecule has 2 aromatic rings. The summed E-state index contributed by atoms with van der Waals surface area (Å²) in [4.78, 5) is 10.4. The van der Waals surface area contributed by atoms with Gasteiger partial charge in [0.25, 0.3) is 0 Å². The Hall–Kier alpha value is -2.16. The fourth-order valence-electron chi connectivity index (χ4n) is 1.35. The highest BCUT2D eigenvalue weighted by molar-refractivity contribution is 7.99. The van der Waals surface area contributed by atoms with Crippen molar-refractivity contribution in [3.63, 3.8) is 0 Å². The second-order valence-corrected chi connectivity index (χ2v) is 4.43. The minimum atomic E-state index is -1.05. The first-order chi connectivity index (χ1) is 8.99. The predicted molar refractivity (Wildman–Crippen MR) is 63.9 cm³/mol. The molecule has 0 radical (unpaired) electrons. The lowest BCUT2D eigenvalue weighted by Crippen LogP contribution is -2.13. The van der Waals surface area contributed by atoms with Gasteiger partial charge in [-0.3, -0.25) is 4.79 Å². The third-order valence-electron chi connectivity index (χ3n) is 2.16. The van der Waals surface area contributed by atoms with Gasteiger partial charge in [0.1, 0.15) is 11.6 Å². The topological polar surface area (TPSA) is 94.0 Å². The molecule has 0 aliphatic rings. The van der Waals surface area contributed by atoms with E-state index in [4.69, 9.17) is 10.9 Å². The molecule has 1 aromatic heterocycles. The van der Waals surface area contributed by atoms with Crippen molar-refractivity contribution in [2.45, 2.75) is 5.16 Å². The molecule has 0 spiro atoms. The summed E-state index contributed by atoms with van der Waals surface area (Å²) in [6.45, 7) is 0. The lowest BCUT2D eigenvalue weighted by molar-refractivity contribution is -0.133. The van der Waals surface area contributed by atoms with Crippen molar-refractivity contribution in [3.05, 3.63) is 29.8 Å². The Balaban J connectivity index is 2.36. The van der Waals surface area contributed by atoms with Crippen LogP contribution in [-0.2, 0) is 4.79 Å². The fourth-order valence-corrected chi connectivity index (χ4v) is 1.93. The summed E-state index contributed by atoms with van der Waals surface area (Å²) in [5.74, 6) is 2.90. The number of benzene rings is 1. The Kier molecular flexibility index (Phi) is 3.65. The molecule has 0 amide bonds. The average molecular weight is 286 g/mol. The average Bonchev–Trinajstić information content (AvgIpc) is 2.71. The first-order valence-electron chi connectivity index (χ1n) is 4.99. The van der Waals surface area contributed by atoms with E-state index in [0.29, 0.717) is 0 Å². The zero-order valence-electron chi connectivity index (χ0n) is 9.38. The molecule has 0 atom stereocenters. The number of aliphatic carboxylic acids is 1. The van der Waals surface area contributed by atoms with Crippen molar-refractivity contribution in [1.29, 1.82) is 0 Å². The van der Waals surface area contributed by atoms with Crippen LogP contribution in [0, 0.1) is 11.6 Å². The molecule has 3 N–H and O–H groups in total. The van der Waals surface area contributed by atoms with E-state index in [9.17, 15) is 13.6 Å². The van der Waals surface area contributed by atoms with E-state index in [1.807, 2.05) is 0 Å². The molecule has 6 nitrogen and oxygen atoms in total. The summed E-state index contributed by atoms with van der Waals surface area (Å²) < 4.78 is 27.6. The van der Waals surface area contributed by atoms with Gasteiger partial charge in [-0.25, -0.2) is 13.5 Å². The largest absolute Gasteiger partial charge is 0.481 e. The molecule has 0 aliphatic heterocycles. The van der Waals surface area contributed by atoms with Gasteiger partial charge in [-0.2, -0.15) is 0 Å². The van der Waals surface area contributed by atoms with Crippen LogP contribution in [0.5, 0.6) is 0 Å². The van der Waals surface area contributed by atoms with Crippen molar-refractivity contribution in [2.24, 2.45) is 0 Å². The van der Waals surface area contributed by atoms with Crippen LogP contribution >= 0.6 is 11.8 Å². The molecule has 0 unspecified atom stereocenters. The molecule has 1 heterocycles. The monoisotopic (exact) mass is 286 g/mol. The Morgan fingerprint density at radius 2 is 2.16 bits per heavy atom. The fraction of sp³-hybridized carbons (Fsp3) is 0.100. The number of nitrogens with zero attached hydrogens (tertiary/aromatic N) is 3. The van der Waals surface area contributed by atoms with Gasteiger partial charge in [0.2, 0.25) is 5.16 Å². The minimum absolute atomic E-state index is 0.0788. The van der Waals surface area contributed by atoms with Crippen molar-refractivity contribution < 1.29 is 18.7 Å². The number of carboxylic acid groups (broad SMARTS) is 1. The van der Waals surface area contributed by atoms with E-state index in [1.165, 1.54) is 0 Å². The van der Waals surface area contributed by atoms with Gasteiger partial charge in [-0.15, -0.1) is 10.2 Å². The second kappa shape index (κ2) is 5.22. The standard InChI is InChI=1S/C10H8F2N4O2S/c11-5-1-2-7(12)6(3-5)9-14-15-10(16(9)13)19-4-8(17)18/h1-3H,4,13H2,(H,17,18). The molecule has 100 valence electrons. The summed E-state index contributed by atoms with van der Waals surface area (Å²) in [7, 11) is 0. The molecule has 0 fully saturated rings. The number of hydrogen-bond acceptors (Lipinski definition) is 5. The Morgan fingerprint density at radius 3 is 2.84 bits per heavy atom. The van der Waals surface area contributed by atoms with Crippen LogP contribution < -0.4 is 5.84 Å². The van der Waals surface area contributed by atoms with Crippen LogP contribution in [0.3, 0.4) is 0 Å². The van der Waals surface area contributed by atoms with Crippen molar-refractivity contribution in [2.75, 3.05) is 11.6 Å². The second-order valence-electron chi connectivity index (χ2n) is 3.48. The molecule has 0 saturated carbocycles. The molecule has 1 aromatic carbocycles. The minimum Gasteiger partial charge on any atom is -0.481 e. The molecular weight excluding hydrogens is 278 g/mol. The third-order valence-corrected chi connectivity index (χ3v) is 3.09. The molecular formula is C10H8F2N4O2S. The Bertz CT molecular complexity index is 632. The zero-order chi connectivity index (χ0) is 14.0. The quantitative estimate of drug-likeness (QED) is 0.646. The number of aromatic nitrogens is 3. The maximum absolute atomic E-state index is 13.6. The van der Waals surface area contributed by atoms with Gasteiger partial charge in [-0.05, 0) is 18.2 Å². The number of rotatable bonds is 4. The van der Waals surface area contributed by atoms with Crippen LogP contribution in [0.15, 0.2) is 23.4 Å². The summed E-state index contributed by atoms with van der Waals surface area (Å²) in [6, 6.07) is 2.86. The van der Waals surface area contributed by atoms with Crippen molar-refractivity contribution in [1.82, 2.24) is 14.9 Å². The summed E-state index contributed by atoms with van der Waals surface area (Å²) in [5, 5.41) is 15.9. The molecule has 0 bridgehead atoms. The van der Waals surface area contributed by atoms with Crippen molar-refractivity contribution in [3.8, 4) is 11.4 Å². The maximum atomic E-state index is 13.6. The number of nitrogen functional groups attached to an aromatic ring is 1. The molecule has 2 rings (SSSR count).